The number of carbonyl (C=O) groups excluding carboxylic acids is 1. The Labute approximate surface area is 273 Å². The van der Waals surface area contributed by atoms with Crippen LogP contribution in [0.15, 0.2) is 0 Å². The average molecular weight is 671 g/mol. The molecule has 6 atom stereocenters. The molecule has 0 bridgehead atoms. The maximum Gasteiger partial charge on any atom is 0.307 e. The molecule has 47 heavy (non-hydrogen) atoms. The minimum absolute atomic E-state index is 0.0460. The number of hydrogen-bond donors (Lipinski definition) is 4. The molecule has 16 heteroatoms. The first-order chi connectivity index (χ1) is 22.5. The molecular formula is C31H50N4O12. The van der Waals surface area contributed by atoms with Crippen LogP contribution in [-0.2, 0) is 28.7 Å². The normalized spacial score (nSPS) is 34.6. The molecule has 4 aliphatic rings. The standard InChI is InChI=1S/C31H50N4O12/c36-29(28-17-23(35(43)44)7-13-27(28)31(39)40)32-20-2-8-24(9-3-20)45-14-1-15-46-25-10-4-21(5-11-25)33-47-18-19-16-22(34(41)42)6-12-26(19)30(37)38/h19-28,33H,1-18H2,(H,32,36)(H,37,38)(H,39,40). The zero-order valence-corrected chi connectivity index (χ0v) is 26.9. The second-order valence-electron chi connectivity index (χ2n) is 13.7. The van der Waals surface area contributed by atoms with Gasteiger partial charge in [0, 0.05) is 66.7 Å². The van der Waals surface area contributed by atoms with Crippen molar-refractivity contribution < 1.29 is 48.8 Å². The Hall–Kier alpha value is -2.95. The molecular weight excluding hydrogens is 620 g/mol. The zero-order valence-electron chi connectivity index (χ0n) is 26.9. The van der Waals surface area contributed by atoms with Crippen LogP contribution in [0, 0.1) is 43.9 Å². The highest BCUT2D eigenvalue weighted by molar-refractivity contribution is 5.85. The summed E-state index contributed by atoms with van der Waals surface area (Å²) in [6, 6.07) is -1.58. The molecule has 4 aliphatic carbocycles. The number of rotatable bonds is 16. The molecule has 0 aromatic heterocycles. The lowest BCUT2D eigenvalue weighted by Gasteiger charge is -2.33. The highest BCUT2D eigenvalue weighted by atomic mass is 16.6. The maximum absolute atomic E-state index is 12.9. The fraction of sp³-hybridized carbons (Fsp3) is 0.903. The van der Waals surface area contributed by atoms with Gasteiger partial charge in [-0.15, -0.1) is 0 Å². The number of aliphatic carboxylic acids is 2. The number of hydrogen-bond acceptors (Lipinski definition) is 11. The molecule has 0 heterocycles. The number of carboxylic acids is 2. The van der Waals surface area contributed by atoms with E-state index in [2.05, 4.69) is 10.8 Å². The summed E-state index contributed by atoms with van der Waals surface area (Å²) in [5, 5.41) is 44.4. The van der Waals surface area contributed by atoms with Gasteiger partial charge < -0.3 is 29.8 Å². The van der Waals surface area contributed by atoms with Gasteiger partial charge in [-0.3, -0.25) is 34.6 Å². The molecule has 6 unspecified atom stereocenters. The lowest BCUT2D eigenvalue weighted by atomic mass is 9.76. The van der Waals surface area contributed by atoms with Gasteiger partial charge in [0.1, 0.15) is 0 Å². The molecule has 266 valence electrons. The van der Waals surface area contributed by atoms with Crippen LogP contribution in [0.1, 0.15) is 96.3 Å². The van der Waals surface area contributed by atoms with Crippen LogP contribution in [0.4, 0.5) is 0 Å². The van der Waals surface area contributed by atoms with Crippen molar-refractivity contribution in [1.82, 2.24) is 10.8 Å². The number of nitro groups is 2. The Morgan fingerprint density at radius 3 is 1.70 bits per heavy atom. The predicted octanol–water partition coefficient (Wildman–Crippen LogP) is 2.96. The van der Waals surface area contributed by atoms with Crippen LogP contribution < -0.4 is 10.8 Å². The topological polar surface area (TPSA) is 230 Å². The summed E-state index contributed by atoms with van der Waals surface area (Å²) in [7, 11) is 0. The molecule has 0 saturated heterocycles. The van der Waals surface area contributed by atoms with Crippen molar-refractivity contribution in [2.45, 2.75) is 133 Å². The van der Waals surface area contributed by atoms with E-state index in [1.165, 1.54) is 0 Å². The molecule has 0 radical (unpaired) electrons. The number of nitrogens with one attached hydrogen (secondary N) is 2. The Balaban J connectivity index is 1.03. The molecule has 0 spiro atoms. The van der Waals surface area contributed by atoms with E-state index in [0.717, 1.165) is 44.9 Å². The van der Waals surface area contributed by atoms with Crippen molar-refractivity contribution in [3.05, 3.63) is 20.2 Å². The molecule has 0 aliphatic heterocycles. The fourth-order valence-corrected chi connectivity index (χ4v) is 7.73. The summed E-state index contributed by atoms with van der Waals surface area (Å²) in [6.45, 7) is 1.28. The first kappa shape index (κ1) is 36.9. The molecule has 4 saturated carbocycles. The van der Waals surface area contributed by atoms with Gasteiger partial charge in [-0.25, -0.2) is 0 Å². The van der Waals surface area contributed by atoms with Gasteiger partial charge in [-0.2, -0.15) is 5.48 Å². The minimum atomic E-state index is -1.08. The number of hydroxylamine groups is 1. The highest BCUT2D eigenvalue weighted by Crippen LogP contribution is 2.34. The van der Waals surface area contributed by atoms with E-state index in [1.54, 1.807) is 0 Å². The summed E-state index contributed by atoms with van der Waals surface area (Å²) in [4.78, 5) is 63.5. The fourth-order valence-electron chi connectivity index (χ4n) is 7.73. The Morgan fingerprint density at radius 2 is 1.17 bits per heavy atom. The van der Waals surface area contributed by atoms with Crippen molar-refractivity contribution in [2.24, 2.45) is 23.7 Å². The SMILES string of the molecule is O=C(O)C1CCC([N+](=O)[O-])CC1CONC1CCC(OCCCOC2CCC(NC(=O)C3CC([N+](=O)[O-])CCC3C(=O)O)CC2)CC1. The van der Waals surface area contributed by atoms with Crippen molar-refractivity contribution in [3.8, 4) is 0 Å². The third-order valence-electron chi connectivity index (χ3n) is 10.6. The van der Waals surface area contributed by atoms with Gasteiger partial charge >= 0.3 is 11.9 Å². The van der Waals surface area contributed by atoms with Gasteiger partial charge in [-0.1, -0.05) is 0 Å². The monoisotopic (exact) mass is 670 g/mol. The third-order valence-corrected chi connectivity index (χ3v) is 10.6. The number of nitrogens with zero attached hydrogens (tertiary/aromatic N) is 2. The van der Waals surface area contributed by atoms with Crippen LogP contribution in [0.5, 0.6) is 0 Å². The summed E-state index contributed by atoms with van der Waals surface area (Å²) >= 11 is 0. The van der Waals surface area contributed by atoms with E-state index in [-0.39, 0.29) is 67.9 Å². The van der Waals surface area contributed by atoms with Crippen molar-refractivity contribution in [3.63, 3.8) is 0 Å². The lowest BCUT2D eigenvalue weighted by Crippen LogP contribution is -2.48. The van der Waals surface area contributed by atoms with E-state index < -0.39 is 58.5 Å². The van der Waals surface area contributed by atoms with Crippen LogP contribution in [0.2, 0.25) is 0 Å². The highest BCUT2D eigenvalue weighted by Gasteiger charge is 2.44. The molecule has 4 fully saturated rings. The van der Waals surface area contributed by atoms with Gasteiger partial charge in [0.25, 0.3) is 0 Å². The summed E-state index contributed by atoms with van der Waals surface area (Å²) in [5.74, 6) is -5.21. The van der Waals surface area contributed by atoms with Gasteiger partial charge in [0.05, 0.1) is 36.6 Å². The number of carbonyl (C=O) groups is 3. The zero-order chi connectivity index (χ0) is 33.9. The molecule has 16 nitrogen and oxygen atoms in total. The first-order valence-corrected chi connectivity index (χ1v) is 17.1. The van der Waals surface area contributed by atoms with Crippen molar-refractivity contribution in [1.29, 1.82) is 0 Å². The number of ether oxygens (including phenoxy) is 2. The second-order valence-corrected chi connectivity index (χ2v) is 13.7. The lowest BCUT2D eigenvalue weighted by molar-refractivity contribution is -0.528. The van der Waals surface area contributed by atoms with E-state index in [1.807, 2.05) is 0 Å². The molecule has 0 aromatic carbocycles. The van der Waals surface area contributed by atoms with E-state index in [4.69, 9.17) is 14.3 Å². The Bertz CT molecular complexity index is 1080. The molecule has 4 N–H and O–H groups in total. The van der Waals surface area contributed by atoms with Gasteiger partial charge in [-0.05, 0) is 70.6 Å². The van der Waals surface area contributed by atoms with Gasteiger partial charge in [0.15, 0.2) is 0 Å². The smallest absolute Gasteiger partial charge is 0.307 e. The third kappa shape index (κ3) is 11.0. The summed E-state index contributed by atoms with van der Waals surface area (Å²) in [6.07, 6.45) is 8.39. The number of amides is 1. The predicted molar refractivity (Wildman–Crippen MR) is 164 cm³/mol. The molecule has 1 amide bonds. The minimum Gasteiger partial charge on any atom is -0.481 e. The molecule has 4 rings (SSSR count). The molecule has 0 aromatic rings. The Kier molecular flexibility index (Phi) is 14.1. The van der Waals surface area contributed by atoms with Crippen molar-refractivity contribution >= 4 is 17.8 Å². The van der Waals surface area contributed by atoms with Crippen LogP contribution >= 0.6 is 0 Å². The maximum atomic E-state index is 12.9. The average Bonchev–Trinajstić information content (AvgIpc) is 3.05. The quantitative estimate of drug-likeness (QED) is 0.105. The van der Waals surface area contributed by atoms with Crippen molar-refractivity contribution in [2.75, 3.05) is 19.8 Å². The van der Waals surface area contributed by atoms with Crippen LogP contribution in [0.3, 0.4) is 0 Å². The van der Waals surface area contributed by atoms with Crippen LogP contribution in [0.25, 0.3) is 0 Å². The van der Waals surface area contributed by atoms with E-state index in [9.17, 15) is 44.8 Å². The second kappa shape index (κ2) is 18.0. The summed E-state index contributed by atoms with van der Waals surface area (Å²) in [5.41, 5.74) is 3.04. The summed E-state index contributed by atoms with van der Waals surface area (Å²) < 4.78 is 12.1. The first-order valence-electron chi connectivity index (χ1n) is 17.1. The van der Waals surface area contributed by atoms with Crippen LogP contribution in [-0.4, -0.2) is 94.1 Å². The van der Waals surface area contributed by atoms with E-state index >= 15 is 0 Å². The van der Waals surface area contributed by atoms with Gasteiger partial charge in [0.2, 0.25) is 18.0 Å². The largest absolute Gasteiger partial charge is 0.481 e. The Morgan fingerprint density at radius 1 is 0.660 bits per heavy atom. The van der Waals surface area contributed by atoms with E-state index in [0.29, 0.717) is 32.5 Å². The number of carboxylic acid groups (broad SMARTS) is 2.